The van der Waals surface area contributed by atoms with Crippen LogP contribution in [0.4, 0.5) is 0 Å². The third kappa shape index (κ3) is 4.98. The van der Waals surface area contributed by atoms with Gasteiger partial charge in [0.15, 0.2) is 0 Å². The minimum Gasteiger partial charge on any atom is -0.475 e. The van der Waals surface area contributed by atoms with Crippen molar-refractivity contribution in [2.24, 2.45) is 0 Å². The number of sulfonamides is 1. The van der Waals surface area contributed by atoms with Gasteiger partial charge in [-0.25, -0.2) is 17.9 Å². The minimum absolute atomic E-state index is 0.103. The fraction of sp³-hybridized carbons (Fsp3) is 0.444. The molecular weight excluding hydrogens is 248 g/mol. The van der Waals surface area contributed by atoms with Crippen molar-refractivity contribution in [1.29, 1.82) is 0 Å². The predicted molar refractivity (Wildman–Crippen MR) is 60.2 cm³/mol. The first-order valence-corrected chi connectivity index (χ1v) is 6.74. The van der Waals surface area contributed by atoms with Gasteiger partial charge in [-0.15, -0.1) is 0 Å². The third-order valence-corrected chi connectivity index (χ3v) is 2.65. The Morgan fingerprint density at radius 2 is 2.18 bits per heavy atom. The molecule has 1 heterocycles. The minimum atomic E-state index is -3.18. The first-order chi connectivity index (χ1) is 7.90. The number of furan rings is 1. The molecule has 0 aliphatic carbocycles. The zero-order valence-electron chi connectivity index (χ0n) is 9.26. The molecule has 0 atom stereocenters. The summed E-state index contributed by atoms with van der Waals surface area (Å²) in [4.78, 5) is 10.7. The largest absolute Gasteiger partial charge is 0.475 e. The van der Waals surface area contributed by atoms with Crippen molar-refractivity contribution in [3.63, 3.8) is 0 Å². The molecule has 96 valence electrons. The summed E-state index contributed by atoms with van der Waals surface area (Å²) < 4.78 is 28.6. The molecule has 0 aliphatic heterocycles. The van der Waals surface area contributed by atoms with E-state index < -0.39 is 16.0 Å². The maximum absolute atomic E-state index is 10.7. The molecule has 0 unspecified atom stereocenters. The molecule has 0 amide bonds. The molecule has 0 radical (unpaired) electrons. The van der Waals surface area contributed by atoms with Crippen LogP contribution in [-0.2, 0) is 16.6 Å². The highest BCUT2D eigenvalue weighted by atomic mass is 32.2. The van der Waals surface area contributed by atoms with Crippen LogP contribution in [0.2, 0.25) is 0 Å². The summed E-state index contributed by atoms with van der Waals surface area (Å²) in [6.45, 7) is 0.958. The van der Waals surface area contributed by atoms with E-state index in [2.05, 4.69) is 10.0 Å². The predicted octanol–water partition coefficient (Wildman–Crippen LogP) is -0.383. The van der Waals surface area contributed by atoms with Crippen molar-refractivity contribution in [3.05, 3.63) is 23.7 Å². The number of hydrogen-bond acceptors (Lipinski definition) is 5. The average molecular weight is 262 g/mol. The molecule has 7 nitrogen and oxygen atoms in total. The van der Waals surface area contributed by atoms with Gasteiger partial charge in [0.25, 0.3) is 0 Å². The summed E-state index contributed by atoms with van der Waals surface area (Å²) in [5.74, 6) is -1.23. The van der Waals surface area contributed by atoms with Crippen LogP contribution in [0.25, 0.3) is 0 Å². The molecule has 1 aromatic heterocycles. The van der Waals surface area contributed by atoms with Crippen LogP contribution in [0.15, 0.2) is 16.7 Å². The Morgan fingerprint density at radius 1 is 1.47 bits per heavy atom. The molecule has 0 saturated heterocycles. The molecule has 1 aromatic rings. The van der Waals surface area contributed by atoms with E-state index in [9.17, 15) is 13.2 Å². The van der Waals surface area contributed by atoms with Crippen LogP contribution in [-0.4, -0.2) is 38.8 Å². The maximum atomic E-state index is 10.7. The molecule has 0 spiro atoms. The topological polar surface area (TPSA) is 109 Å². The molecule has 17 heavy (non-hydrogen) atoms. The molecule has 0 aliphatic rings. The van der Waals surface area contributed by atoms with Gasteiger partial charge in [0.05, 0.1) is 12.5 Å². The van der Waals surface area contributed by atoms with E-state index in [4.69, 9.17) is 9.52 Å². The second-order valence-corrected chi connectivity index (χ2v) is 5.26. The summed E-state index contributed by atoms with van der Waals surface area (Å²) in [7, 11) is -3.18. The highest BCUT2D eigenvalue weighted by Crippen LogP contribution is 2.09. The van der Waals surface area contributed by atoms with Crippen molar-refractivity contribution >= 4 is 16.0 Å². The normalized spacial score (nSPS) is 11.6. The molecule has 0 saturated carbocycles. The van der Waals surface area contributed by atoms with Crippen molar-refractivity contribution in [2.45, 2.75) is 6.54 Å². The van der Waals surface area contributed by atoms with E-state index in [1.165, 1.54) is 6.26 Å². The summed E-state index contributed by atoms with van der Waals surface area (Å²) >= 11 is 0. The fourth-order valence-corrected chi connectivity index (χ4v) is 1.68. The van der Waals surface area contributed by atoms with E-state index in [-0.39, 0.29) is 12.3 Å². The standard InChI is InChI=1S/C9H14N2O5S/c1-17(14,15)11-4-3-10-6-7-2-5-16-8(7)9(12)13/h2,5,10-11H,3-4,6H2,1H3,(H,12,13). The third-order valence-electron chi connectivity index (χ3n) is 1.92. The Bertz CT molecular complexity index is 479. The van der Waals surface area contributed by atoms with Crippen molar-refractivity contribution in [2.75, 3.05) is 19.3 Å². The molecule has 0 fully saturated rings. The lowest BCUT2D eigenvalue weighted by Gasteiger charge is -2.04. The van der Waals surface area contributed by atoms with Gasteiger partial charge in [0.2, 0.25) is 15.8 Å². The molecular formula is C9H14N2O5S. The Kier molecular flexibility index (Phi) is 4.67. The Hall–Kier alpha value is -1.38. The summed E-state index contributed by atoms with van der Waals surface area (Å²) in [5, 5.41) is 11.7. The lowest BCUT2D eigenvalue weighted by atomic mass is 10.2. The number of nitrogens with one attached hydrogen (secondary N) is 2. The second kappa shape index (κ2) is 5.80. The second-order valence-electron chi connectivity index (χ2n) is 3.42. The van der Waals surface area contributed by atoms with Crippen LogP contribution in [0.1, 0.15) is 16.1 Å². The molecule has 0 aromatic carbocycles. The number of carboxylic acids is 1. The van der Waals surface area contributed by atoms with Crippen LogP contribution < -0.4 is 10.0 Å². The van der Waals surface area contributed by atoms with Crippen LogP contribution in [0.3, 0.4) is 0 Å². The fourth-order valence-electron chi connectivity index (χ4n) is 1.21. The van der Waals surface area contributed by atoms with Crippen LogP contribution in [0.5, 0.6) is 0 Å². The summed E-state index contributed by atoms with van der Waals surface area (Å²) in [6, 6.07) is 1.56. The Balaban J connectivity index is 2.32. The van der Waals surface area contributed by atoms with Crippen molar-refractivity contribution in [1.82, 2.24) is 10.0 Å². The number of aromatic carboxylic acids is 1. The summed E-state index contributed by atoms with van der Waals surface area (Å²) in [5.41, 5.74) is 0.525. The van der Waals surface area contributed by atoms with Gasteiger partial charge >= 0.3 is 5.97 Å². The molecule has 8 heteroatoms. The van der Waals surface area contributed by atoms with Gasteiger partial charge in [0.1, 0.15) is 0 Å². The molecule has 0 bridgehead atoms. The number of rotatable bonds is 7. The Morgan fingerprint density at radius 3 is 2.76 bits per heavy atom. The van der Waals surface area contributed by atoms with E-state index in [0.717, 1.165) is 6.26 Å². The van der Waals surface area contributed by atoms with Crippen LogP contribution in [0, 0.1) is 0 Å². The summed E-state index contributed by atoms with van der Waals surface area (Å²) in [6.07, 6.45) is 2.38. The number of hydrogen-bond donors (Lipinski definition) is 3. The first-order valence-electron chi connectivity index (χ1n) is 4.85. The SMILES string of the molecule is CS(=O)(=O)NCCNCc1ccoc1C(=O)O. The monoisotopic (exact) mass is 262 g/mol. The average Bonchev–Trinajstić information content (AvgIpc) is 2.63. The van der Waals surface area contributed by atoms with Gasteiger partial charge in [-0.2, -0.15) is 0 Å². The van der Waals surface area contributed by atoms with Crippen molar-refractivity contribution < 1.29 is 22.7 Å². The lowest BCUT2D eigenvalue weighted by molar-refractivity contribution is 0.0660. The highest BCUT2D eigenvalue weighted by molar-refractivity contribution is 7.88. The smallest absolute Gasteiger partial charge is 0.372 e. The molecule has 1 rings (SSSR count). The zero-order chi connectivity index (χ0) is 12.9. The number of carbonyl (C=O) groups is 1. The van der Waals surface area contributed by atoms with E-state index in [1.807, 2.05) is 0 Å². The van der Waals surface area contributed by atoms with Gasteiger partial charge in [-0.05, 0) is 6.07 Å². The van der Waals surface area contributed by atoms with Gasteiger partial charge in [0, 0.05) is 25.2 Å². The lowest BCUT2D eigenvalue weighted by Crippen LogP contribution is -2.30. The van der Waals surface area contributed by atoms with E-state index >= 15 is 0 Å². The zero-order valence-corrected chi connectivity index (χ0v) is 10.1. The van der Waals surface area contributed by atoms with Crippen molar-refractivity contribution in [3.8, 4) is 0 Å². The van der Waals surface area contributed by atoms with Gasteiger partial charge in [-0.1, -0.05) is 0 Å². The van der Waals surface area contributed by atoms with Gasteiger partial charge < -0.3 is 14.8 Å². The maximum Gasteiger partial charge on any atom is 0.372 e. The highest BCUT2D eigenvalue weighted by Gasteiger charge is 2.12. The van der Waals surface area contributed by atoms with E-state index in [0.29, 0.717) is 18.7 Å². The number of carboxylic acid groups (broad SMARTS) is 1. The van der Waals surface area contributed by atoms with Gasteiger partial charge in [-0.3, -0.25) is 0 Å². The Labute approximate surface area is 98.9 Å². The quantitative estimate of drug-likeness (QED) is 0.578. The first kappa shape index (κ1) is 13.7. The van der Waals surface area contributed by atoms with Crippen LogP contribution >= 0.6 is 0 Å². The molecule has 3 N–H and O–H groups in total. The van der Waals surface area contributed by atoms with E-state index in [1.54, 1.807) is 6.07 Å².